The van der Waals surface area contributed by atoms with Crippen molar-refractivity contribution in [2.24, 2.45) is 4.99 Å². The van der Waals surface area contributed by atoms with Gasteiger partial charge >= 0.3 is 12.2 Å². The van der Waals surface area contributed by atoms with Crippen LogP contribution >= 0.6 is 11.6 Å². The number of amides is 2. The van der Waals surface area contributed by atoms with Crippen LogP contribution in [0.4, 0.5) is 15.4 Å². The monoisotopic (exact) mass is 732 g/mol. The minimum absolute atomic E-state index is 0.0106. The highest BCUT2D eigenvalue weighted by molar-refractivity contribution is 7.86. The third kappa shape index (κ3) is 10.3. The number of hydrogen-bond donors (Lipinski definition) is 1. The van der Waals surface area contributed by atoms with Gasteiger partial charge in [-0.15, -0.1) is 0 Å². The zero-order valence-corrected chi connectivity index (χ0v) is 31.7. The van der Waals surface area contributed by atoms with E-state index in [2.05, 4.69) is 21.7 Å². The summed E-state index contributed by atoms with van der Waals surface area (Å²) in [6.07, 6.45) is -0.620. The van der Waals surface area contributed by atoms with E-state index >= 15 is 0 Å². The number of benzene rings is 1. The molecule has 14 nitrogen and oxygen atoms in total. The zero-order chi connectivity index (χ0) is 37.8. The Morgan fingerprint density at radius 2 is 1.56 bits per heavy atom. The molecule has 50 heavy (non-hydrogen) atoms. The first-order valence-corrected chi connectivity index (χ1v) is 17.3. The number of nitrogen functional groups attached to an aromatic ring is 1. The average Bonchev–Trinajstić information content (AvgIpc) is 3.27. The van der Waals surface area contributed by atoms with E-state index in [4.69, 9.17) is 35.7 Å². The molecule has 0 radical (unpaired) electrons. The van der Waals surface area contributed by atoms with Crippen LogP contribution in [0.15, 0.2) is 52.8 Å². The number of carbonyl (C=O) groups excluding carboxylic acids is 2. The molecule has 3 aromatic rings. The Kier molecular flexibility index (Phi) is 12.5. The Morgan fingerprint density at radius 1 is 1.00 bits per heavy atom. The Hall–Kier alpha value is -4.47. The number of ether oxygens (including phenoxy) is 3. The van der Waals surface area contributed by atoms with Crippen molar-refractivity contribution < 1.29 is 36.4 Å². The number of nitrogens with two attached hydrogens (primary N) is 1. The maximum Gasteiger partial charge on any atom is 0.425 e. The normalized spacial score (nSPS) is 12.4. The maximum atomic E-state index is 13.2. The van der Waals surface area contributed by atoms with Gasteiger partial charge in [0.2, 0.25) is 0 Å². The quantitative estimate of drug-likeness (QED) is 0.170. The van der Waals surface area contributed by atoms with E-state index in [1.54, 1.807) is 67.0 Å². The molecule has 16 heteroatoms. The van der Waals surface area contributed by atoms with Crippen LogP contribution in [0, 0.1) is 20.8 Å². The summed E-state index contributed by atoms with van der Waals surface area (Å²) in [6, 6.07) is 6.22. The van der Waals surface area contributed by atoms with E-state index in [0.29, 0.717) is 16.3 Å². The number of aromatic nitrogens is 3. The third-order valence-electron chi connectivity index (χ3n) is 6.84. The van der Waals surface area contributed by atoms with Crippen LogP contribution in [-0.4, -0.2) is 70.4 Å². The molecule has 0 saturated heterocycles. The summed E-state index contributed by atoms with van der Waals surface area (Å²) in [4.78, 5) is 35.6. The number of aryl methyl sites for hydroxylation is 2. The summed E-state index contributed by atoms with van der Waals surface area (Å²) in [5, 5.41) is 4.31. The fraction of sp³-hybridized carbons (Fsp3) is 0.441. The number of halogens is 1. The SMILES string of the molecule is C=C(N=C(Cl)c1c(CCOS(=O)(=O)c2ccc(C)cc2)nn(Cc2ncc(C)c(OC)c2C)c1N)N(C(=O)OC(C)(C)C)C(=O)OC(C)(C)C. The van der Waals surface area contributed by atoms with Crippen LogP contribution in [0.25, 0.3) is 0 Å². The van der Waals surface area contributed by atoms with Gasteiger partial charge < -0.3 is 19.9 Å². The Morgan fingerprint density at radius 3 is 2.08 bits per heavy atom. The predicted octanol–water partition coefficient (Wildman–Crippen LogP) is 6.42. The van der Waals surface area contributed by atoms with Crippen molar-refractivity contribution in [1.82, 2.24) is 19.7 Å². The fourth-order valence-corrected chi connectivity index (χ4v) is 5.77. The number of imide groups is 1. The van der Waals surface area contributed by atoms with Gasteiger partial charge in [0.05, 0.1) is 42.1 Å². The molecular weight excluding hydrogens is 688 g/mol. The predicted molar refractivity (Wildman–Crippen MR) is 190 cm³/mol. The number of hydrogen-bond acceptors (Lipinski definition) is 12. The largest absolute Gasteiger partial charge is 0.496 e. The van der Waals surface area contributed by atoms with Crippen molar-refractivity contribution in [1.29, 1.82) is 0 Å². The molecule has 3 rings (SSSR count). The third-order valence-corrected chi connectivity index (χ3v) is 8.44. The first-order chi connectivity index (χ1) is 23.0. The molecular formula is C34H45ClN6O8S. The van der Waals surface area contributed by atoms with E-state index in [0.717, 1.165) is 16.7 Å². The molecule has 1 aromatic carbocycles. The second-order valence-electron chi connectivity index (χ2n) is 13.4. The number of nitrogens with zero attached hydrogens (tertiary/aromatic N) is 5. The van der Waals surface area contributed by atoms with Crippen LogP contribution < -0.4 is 10.5 Å². The second-order valence-corrected chi connectivity index (χ2v) is 15.3. The smallest absolute Gasteiger partial charge is 0.425 e. The fourth-order valence-electron chi connectivity index (χ4n) is 4.56. The van der Waals surface area contributed by atoms with Crippen molar-refractivity contribution in [3.63, 3.8) is 0 Å². The standard InChI is InChI=1S/C34H45ClN6O8S/c1-20-12-14-24(15-13-20)50(44,45)47-17-16-25-27(30(36)40(39-25)19-26-22(3)28(46-11)21(2)18-37-26)29(35)38-23(4)41(31(42)48-33(5,6)7)32(43)49-34(8,9)10/h12-15,18H,4,16-17,19,36H2,1-3,5-11H3. The van der Waals surface area contributed by atoms with Gasteiger partial charge in [-0.2, -0.15) is 18.4 Å². The van der Waals surface area contributed by atoms with E-state index < -0.39 is 39.3 Å². The summed E-state index contributed by atoms with van der Waals surface area (Å²) < 4.78 is 48.9. The molecule has 0 aliphatic carbocycles. The van der Waals surface area contributed by atoms with Gasteiger partial charge in [-0.05, 0) is 74.4 Å². The molecule has 0 atom stereocenters. The first kappa shape index (κ1) is 40.0. The lowest BCUT2D eigenvalue weighted by atomic mass is 10.1. The number of carbonyl (C=O) groups is 2. The average molecular weight is 733 g/mol. The molecule has 0 spiro atoms. The number of pyridine rings is 1. The van der Waals surface area contributed by atoms with Crippen LogP contribution in [0.1, 0.15) is 75.2 Å². The van der Waals surface area contributed by atoms with Crippen molar-refractivity contribution >= 4 is 44.9 Å². The Bertz CT molecular complexity index is 1860. The van der Waals surface area contributed by atoms with E-state index in [1.165, 1.54) is 16.8 Å². The summed E-state index contributed by atoms with van der Waals surface area (Å²) in [6.45, 7) is 18.8. The summed E-state index contributed by atoms with van der Waals surface area (Å²) in [5.74, 6) is 0.247. The second kappa shape index (κ2) is 15.6. The number of rotatable bonds is 11. The van der Waals surface area contributed by atoms with Crippen molar-refractivity contribution in [3.05, 3.63) is 76.5 Å². The molecule has 0 aliphatic rings. The molecule has 2 amide bonds. The van der Waals surface area contributed by atoms with Crippen LogP contribution in [-0.2, 0) is 36.7 Å². The van der Waals surface area contributed by atoms with Crippen LogP contribution in [0.5, 0.6) is 5.75 Å². The Labute approximate surface area is 298 Å². The molecule has 272 valence electrons. The highest BCUT2D eigenvalue weighted by Crippen LogP contribution is 2.28. The molecule has 0 unspecified atom stereocenters. The Balaban J connectivity index is 2.07. The number of methoxy groups -OCH3 is 1. The van der Waals surface area contributed by atoms with Crippen LogP contribution in [0.2, 0.25) is 0 Å². The molecule has 0 bridgehead atoms. The highest BCUT2D eigenvalue weighted by atomic mass is 35.5. The van der Waals surface area contributed by atoms with Crippen molar-refractivity contribution in [2.75, 3.05) is 19.5 Å². The van der Waals surface area contributed by atoms with Gasteiger partial charge in [0.1, 0.15) is 33.8 Å². The topological polar surface area (TPSA) is 178 Å². The highest BCUT2D eigenvalue weighted by Gasteiger charge is 2.34. The van der Waals surface area contributed by atoms with E-state index in [1.807, 2.05) is 20.8 Å². The lowest BCUT2D eigenvalue weighted by Gasteiger charge is -2.28. The minimum Gasteiger partial charge on any atom is -0.496 e. The summed E-state index contributed by atoms with van der Waals surface area (Å²) in [5.41, 5.74) is 8.02. The van der Waals surface area contributed by atoms with E-state index in [-0.39, 0.29) is 46.7 Å². The molecule has 0 saturated carbocycles. The molecule has 0 aliphatic heterocycles. The van der Waals surface area contributed by atoms with Crippen molar-refractivity contribution in [3.8, 4) is 5.75 Å². The number of aliphatic imine (C=N–C) groups is 1. The number of anilines is 1. The van der Waals surface area contributed by atoms with Gasteiger partial charge in [-0.1, -0.05) is 35.9 Å². The van der Waals surface area contributed by atoms with Crippen LogP contribution in [0.3, 0.4) is 0 Å². The minimum atomic E-state index is -4.11. The van der Waals surface area contributed by atoms with Gasteiger partial charge in [0, 0.05) is 23.7 Å². The van der Waals surface area contributed by atoms with Gasteiger partial charge in [-0.3, -0.25) is 9.17 Å². The van der Waals surface area contributed by atoms with E-state index in [9.17, 15) is 18.0 Å². The van der Waals surface area contributed by atoms with Gasteiger partial charge in [-0.25, -0.2) is 19.3 Å². The zero-order valence-electron chi connectivity index (χ0n) is 30.1. The first-order valence-electron chi connectivity index (χ1n) is 15.5. The molecule has 2 heterocycles. The lowest BCUT2D eigenvalue weighted by molar-refractivity contribution is 0.00822. The molecule has 2 N–H and O–H groups in total. The van der Waals surface area contributed by atoms with Crippen molar-refractivity contribution in [2.45, 2.75) is 91.4 Å². The van der Waals surface area contributed by atoms with Gasteiger partial charge in [0.15, 0.2) is 0 Å². The summed E-state index contributed by atoms with van der Waals surface area (Å²) in [7, 11) is -2.55. The van der Waals surface area contributed by atoms with Gasteiger partial charge in [0.25, 0.3) is 10.1 Å². The summed E-state index contributed by atoms with van der Waals surface area (Å²) >= 11 is 6.76. The molecule has 0 fully saturated rings. The lowest BCUT2D eigenvalue weighted by Crippen LogP contribution is -2.42. The maximum absolute atomic E-state index is 13.2. The molecule has 2 aromatic heterocycles.